The summed E-state index contributed by atoms with van der Waals surface area (Å²) in [6.45, 7) is 0. The van der Waals surface area contributed by atoms with Crippen LogP contribution in [0.5, 0.6) is 11.8 Å². The molecule has 0 aliphatic carbocycles. The van der Waals surface area contributed by atoms with Crippen LogP contribution < -0.4 is 16.0 Å². The molecule has 0 bridgehead atoms. The Balaban J connectivity index is 2.26. The number of para-hydroxylation sites is 1. The summed E-state index contributed by atoms with van der Waals surface area (Å²) >= 11 is 0. The van der Waals surface area contributed by atoms with Crippen LogP contribution in [-0.4, -0.2) is 18.7 Å². The highest BCUT2D eigenvalue weighted by Crippen LogP contribution is 2.24. The lowest BCUT2D eigenvalue weighted by molar-refractivity contribution is 0.400. The second kappa shape index (κ2) is 4.83. The molecule has 0 radical (unpaired) electrons. The van der Waals surface area contributed by atoms with Gasteiger partial charge >= 0.3 is 11.7 Å². The van der Waals surface area contributed by atoms with Crippen LogP contribution in [0.4, 0.5) is 4.39 Å². The maximum Gasteiger partial charge on any atom is 0.332 e. The van der Waals surface area contributed by atoms with Gasteiger partial charge in [0.1, 0.15) is 0 Å². The lowest BCUT2D eigenvalue weighted by Gasteiger charge is -2.05. The van der Waals surface area contributed by atoms with Crippen LogP contribution in [0.15, 0.2) is 33.9 Å². The molecule has 0 aliphatic heterocycles. The van der Waals surface area contributed by atoms with Crippen LogP contribution in [0.2, 0.25) is 0 Å². The predicted molar refractivity (Wildman–Crippen MR) is 77.7 cm³/mol. The number of ether oxygens (including phenoxy) is 1. The van der Waals surface area contributed by atoms with Gasteiger partial charge in [-0.25, -0.2) is 9.18 Å². The fourth-order valence-electron chi connectivity index (χ4n) is 2.22. The van der Waals surface area contributed by atoms with Gasteiger partial charge in [-0.1, -0.05) is 12.1 Å². The van der Waals surface area contributed by atoms with Crippen molar-refractivity contribution in [1.82, 2.24) is 18.7 Å². The summed E-state index contributed by atoms with van der Waals surface area (Å²) < 4.78 is 22.7. The average Bonchev–Trinajstić information content (AvgIpc) is 2.82. The third-order valence-electron chi connectivity index (χ3n) is 3.47. The highest BCUT2D eigenvalue weighted by molar-refractivity contribution is 5.71. The van der Waals surface area contributed by atoms with Gasteiger partial charge in [0.15, 0.2) is 22.7 Å². The number of halogens is 1. The number of imidazole rings is 1. The van der Waals surface area contributed by atoms with Crippen molar-refractivity contribution in [2.45, 2.75) is 0 Å². The largest absolute Gasteiger partial charge is 0.422 e. The topological polar surface area (TPSA) is 71.1 Å². The minimum atomic E-state index is -0.545. The molecule has 2 heterocycles. The maximum atomic E-state index is 13.7. The van der Waals surface area contributed by atoms with E-state index in [2.05, 4.69) is 4.98 Å². The Hall–Kier alpha value is -2.90. The van der Waals surface area contributed by atoms with E-state index in [0.29, 0.717) is 0 Å². The van der Waals surface area contributed by atoms with Gasteiger partial charge in [-0.05, 0) is 12.1 Å². The van der Waals surface area contributed by atoms with E-state index in [0.717, 1.165) is 4.57 Å². The second-order valence-electron chi connectivity index (χ2n) is 4.86. The quantitative estimate of drug-likeness (QED) is 0.705. The van der Waals surface area contributed by atoms with Crippen molar-refractivity contribution in [2.75, 3.05) is 0 Å². The number of fused-ring (bicyclic) bond motifs is 1. The number of hydrogen-bond donors (Lipinski definition) is 0. The molecule has 0 fully saturated rings. The Kier molecular flexibility index (Phi) is 3.09. The van der Waals surface area contributed by atoms with Gasteiger partial charge in [0.05, 0.1) is 0 Å². The Bertz CT molecular complexity index is 1000. The monoisotopic (exact) mass is 304 g/mol. The molecule has 0 N–H and O–H groups in total. The number of hydrogen-bond acceptors (Lipinski definition) is 4. The summed E-state index contributed by atoms with van der Waals surface area (Å²) in [5, 5.41) is 0. The van der Waals surface area contributed by atoms with E-state index in [1.165, 1.54) is 41.4 Å². The lowest BCUT2D eigenvalue weighted by Crippen LogP contribution is -2.37. The first kappa shape index (κ1) is 14.1. The van der Waals surface area contributed by atoms with Gasteiger partial charge in [0, 0.05) is 21.1 Å². The number of nitrogens with zero attached hydrogens (tertiary/aromatic N) is 4. The van der Waals surface area contributed by atoms with Gasteiger partial charge in [-0.2, -0.15) is 4.98 Å². The molecule has 8 heteroatoms. The van der Waals surface area contributed by atoms with E-state index in [-0.39, 0.29) is 22.9 Å². The van der Waals surface area contributed by atoms with Crippen LogP contribution in [0.25, 0.3) is 11.2 Å². The second-order valence-corrected chi connectivity index (χ2v) is 4.86. The first-order valence-corrected chi connectivity index (χ1v) is 6.46. The van der Waals surface area contributed by atoms with Crippen molar-refractivity contribution >= 4 is 11.2 Å². The third kappa shape index (κ3) is 1.92. The van der Waals surface area contributed by atoms with E-state index >= 15 is 0 Å². The molecule has 3 aromatic rings. The van der Waals surface area contributed by atoms with Crippen molar-refractivity contribution in [3.8, 4) is 11.8 Å². The lowest BCUT2D eigenvalue weighted by atomic mass is 10.3. The first-order valence-electron chi connectivity index (χ1n) is 6.46. The summed E-state index contributed by atoms with van der Waals surface area (Å²) in [7, 11) is 4.45. The fraction of sp³-hybridized carbons (Fsp3) is 0.214. The molecular formula is C14H13FN4O3. The van der Waals surface area contributed by atoms with Crippen LogP contribution in [-0.2, 0) is 21.1 Å². The summed E-state index contributed by atoms with van der Waals surface area (Å²) in [6.07, 6.45) is 0. The molecule has 0 saturated carbocycles. The standard InChI is InChI=1S/C14H13FN4O3/c1-17-10-11(18(2)14(21)19(3)12(10)20)16-13(17)22-9-7-5-4-6-8(9)15/h4-7H,1-3H3. The molecule has 0 saturated heterocycles. The fourth-order valence-corrected chi connectivity index (χ4v) is 2.22. The van der Waals surface area contributed by atoms with Gasteiger partial charge in [-0.15, -0.1) is 0 Å². The molecule has 0 spiro atoms. The predicted octanol–water partition coefficient (Wildman–Crippen LogP) is 0.902. The Morgan fingerprint density at radius 2 is 1.73 bits per heavy atom. The van der Waals surface area contributed by atoms with E-state index in [9.17, 15) is 14.0 Å². The van der Waals surface area contributed by atoms with E-state index in [4.69, 9.17) is 4.74 Å². The Labute approximate surface area is 123 Å². The molecular weight excluding hydrogens is 291 g/mol. The van der Waals surface area contributed by atoms with Crippen molar-refractivity contribution in [1.29, 1.82) is 0 Å². The third-order valence-corrected chi connectivity index (χ3v) is 3.47. The first-order chi connectivity index (χ1) is 10.4. The van der Waals surface area contributed by atoms with Gasteiger partial charge in [0.2, 0.25) is 0 Å². The summed E-state index contributed by atoms with van der Waals surface area (Å²) in [5.41, 5.74) is -0.595. The molecule has 0 atom stereocenters. The summed E-state index contributed by atoms with van der Waals surface area (Å²) in [4.78, 5) is 28.3. The zero-order valence-electron chi connectivity index (χ0n) is 12.2. The van der Waals surface area contributed by atoms with Crippen LogP contribution in [0.3, 0.4) is 0 Å². The van der Waals surface area contributed by atoms with Crippen LogP contribution in [0, 0.1) is 5.82 Å². The normalized spacial score (nSPS) is 11.1. The number of rotatable bonds is 2. The summed E-state index contributed by atoms with van der Waals surface area (Å²) in [6, 6.07) is 5.89. The smallest absolute Gasteiger partial charge is 0.332 e. The summed E-state index contributed by atoms with van der Waals surface area (Å²) in [5.74, 6) is -0.556. The molecule has 0 aliphatic rings. The molecule has 7 nitrogen and oxygen atoms in total. The van der Waals surface area contributed by atoms with Crippen molar-refractivity contribution in [2.24, 2.45) is 21.1 Å². The van der Waals surface area contributed by atoms with Crippen LogP contribution >= 0.6 is 0 Å². The Morgan fingerprint density at radius 3 is 2.41 bits per heavy atom. The van der Waals surface area contributed by atoms with Crippen molar-refractivity contribution in [3.63, 3.8) is 0 Å². The number of benzene rings is 1. The molecule has 3 rings (SSSR count). The highest BCUT2D eigenvalue weighted by atomic mass is 19.1. The number of aromatic nitrogens is 4. The van der Waals surface area contributed by atoms with Crippen molar-refractivity contribution < 1.29 is 9.13 Å². The minimum absolute atomic E-state index is 0.0114. The minimum Gasteiger partial charge on any atom is -0.422 e. The zero-order valence-corrected chi connectivity index (χ0v) is 12.2. The van der Waals surface area contributed by atoms with Gasteiger partial charge in [-0.3, -0.25) is 18.5 Å². The van der Waals surface area contributed by atoms with E-state index in [1.807, 2.05) is 0 Å². The van der Waals surface area contributed by atoms with Crippen molar-refractivity contribution in [3.05, 3.63) is 50.9 Å². The molecule has 22 heavy (non-hydrogen) atoms. The van der Waals surface area contributed by atoms with E-state index in [1.54, 1.807) is 13.1 Å². The highest BCUT2D eigenvalue weighted by Gasteiger charge is 2.18. The molecule has 0 amide bonds. The molecule has 1 aromatic carbocycles. The molecule has 0 unspecified atom stereocenters. The van der Waals surface area contributed by atoms with Gasteiger partial charge in [0.25, 0.3) is 5.56 Å². The molecule has 2 aromatic heterocycles. The van der Waals surface area contributed by atoms with Gasteiger partial charge < -0.3 is 4.74 Å². The van der Waals surface area contributed by atoms with E-state index < -0.39 is 17.1 Å². The maximum absolute atomic E-state index is 13.7. The zero-order chi connectivity index (χ0) is 16.0. The number of aryl methyl sites for hydroxylation is 2. The van der Waals surface area contributed by atoms with Crippen LogP contribution in [0.1, 0.15) is 0 Å². The Morgan fingerprint density at radius 1 is 1.05 bits per heavy atom. The molecule has 114 valence electrons. The average molecular weight is 304 g/mol. The SMILES string of the molecule is Cn1c(=O)c2c(nc(Oc3ccccc3F)n2C)n(C)c1=O.